The first-order valence-corrected chi connectivity index (χ1v) is 9.83. The maximum absolute atomic E-state index is 11.8. The summed E-state index contributed by atoms with van der Waals surface area (Å²) in [7, 11) is 0. The molecule has 0 aliphatic heterocycles. The van der Waals surface area contributed by atoms with Gasteiger partial charge in [0.05, 0.1) is 12.3 Å². The van der Waals surface area contributed by atoms with E-state index in [0.29, 0.717) is 16.0 Å². The molecule has 2 amide bonds. The van der Waals surface area contributed by atoms with Gasteiger partial charge in [0, 0.05) is 10.8 Å². The molecule has 0 bridgehead atoms. The van der Waals surface area contributed by atoms with Crippen LogP contribution in [0.1, 0.15) is 25.1 Å². The van der Waals surface area contributed by atoms with Gasteiger partial charge >= 0.3 is 0 Å². The third kappa shape index (κ3) is 5.92. The summed E-state index contributed by atoms with van der Waals surface area (Å²) in [4.78, 5) is 24.7. The Bertz CT molecular complexity index is 642. The van der Waals surface area contributed by atoms with Gasteiger partial charge in [-0.15, -0.1) is 21.5 Å². The molecule has 0 saturated carbocycles. The zero-order valence-electron chi connectivity index (χ0n) is 12.9. The minimum atomic E-state index is -0.0612. The molecule has 2 aromatic rings. The maximum atomic E-state index is 11.8. The third-order valence-corrected chi connectivity index (χ3v) is 5.91. The Labute approximate surface area is 147 Å². The molecule has 0 saturated heterocycles. The van der Waals surface area contributed by atoms with Crippen molar-refractivity contribution >= 4 is 51.4 Å². The first-order chi connectivity index (χ1) is 11.1. The van der Waals surface area contributed by atoms with Gasteiger partial charge in [0.15, 0.2) is 4.34 Å². The second kappa shape index (κ2) is 8.99. The summed E-state index contributed by atoms with van der Waals surface area (Å²) in [5.74, 6) is 0.106. The van der Waals surface area contributed by atoms with E-state index in [-0.39, 0.29) is 23.5 Å². The third-order valence-electron chi connectivity index (χ3n) is 3.06. The van der Waals surface area contributed by atoms with Crippen molar-refractivity contribution in [2.24, 2.45) is 5.92 Å². The van der Waals surface area contributed by atoms with Crippen molar-refractivity contribution < 1.29 is 9.59 Å². The van der Waals surface area contributed by atoms with Gasteiger partial charge in [-0.2, -0.15) is 0 Å². The predicted octanol–water partition coefficient (Wildman–Crippen LogP) is 2.99. The lowest BCUT2D eigenvalue weighted by Crippen LogP contribution is -2.24. The molecule has 23 heavy (non-hydrogen) atoms. The van der Waals surface area contributed by atoms with Gasteiger partial charge in [-0.3, -0.25) is 9.59 Å². The number of rotatable bonds is 8. The van der Waals surface area contributed by atoms with E-state index >= 15 is 0 Å². The van der Waals surface area contributed by atoms with Gasteiger partial charge in [0.2, 0.25) is 16.9 Å². The van der Waals surface area contributed by atoms with Gasteiger partial charge in [-0.1, -0.05) is 43.0 Å². The average Bonchev–Trinajstić information content (AvgIpc) is 3.21. The van der Waals surface area contributed by atoms with E-state index in [4.69, 9.17) is 0 Å². The van der Waals surface area contributed by atoms with E-state index in [2.05, 4.69) is 20.8 Å². The minimum Gasteiger partial charge on any atom is -0.350 e. The summed E-state index contributed by atoms with van der Waals surface area (Å²) in [6.45, 7) is 4.37. The Kier molecular flexibility index (Phi) is 7.00. The molecule has 1 atom stereocenters. The first-order valence-electron chi connectivity index (χ1n) is 7.14. The smallest absolute Gasteiger partial charge is 0.230 e. The quantitative estimate of drug-likeness (QED) is 0.551. The molecule has 0 fully saturated rings. The van der Waals surface area contributed by atoms with Crippen LogP contribution >= 0.6 is 34.4 Å². The molecular weight excluding hydrogens is 352 g/mol. The van der Waals surface area contributed by atoms with Gasteiger partial charge in [-0.25, -0.2) is 0 Å². The number of aromatic nitrogens is 2. The number of hydrogen-bond acceptors (Lipinski definition) is 7. The number of thiophene rings is 1. The van der Waals surface area contributed by atoms with Crippen LogP contribution in [0.25, 0.3) is 0 Å². The van der Waals surface area contributed by atoms with Gasteiger partial charge in [0.1, 0.15) is 0 Å². The highest BCUT2D eigenvalue weighted by atomic mass is 32.2. The molecule has 2 N–H and O–H groups in total. The van der Waals surface area contributed by atoms with Crippen LogP contribution in [0.15, 0.2) is 21.9 Å². The van der Waals surface area contributed by atoms with Crippen LogP contribution in [0, 0.1) is 5.92 Å². The summed E-state index contributed by atoms with van der Waals surface area (Å²) in [6.07, 6.45) is 0.774. The SMILES string of the molecule is CC[C@@H](C)C(=O)Nc1nnc(SCC(=O)NCc2cccs2)s1. The second-order valence-electron chi connectivity index (χ2n) is 4.82. The molecule has 0 aromatic carbocycles. The molecule has 6 nitrogen and oxygen atoms in total. The highest BCUT2D eigenvalue weighted by Gasteiger charge is 2.14. The zero-order chi connectivity index (χ0) is 16.7. The van der Waals surface area contributed by atoms with Crippen molar-refractivity contribution in [3.63, 3.8) is 0 Å². The molecule has 124 valence electrons. The van der Waals surface area contributed by atoms with Crippen LogP contribution in [-0.4, -0.2) is 27.8 Å². The Morgan fingerprint density at radius 1 is 1.39 bits per heavy atom. The second-order valence-corrected chi connectivity index (χ2v) is 8.05. The normalized spacial score (nSPS) is 11.9. The van der Waals surface area contributed by atoms with Crippen LogP contribution in [0.3, 0.4) is 0 Å². The highest BCUT2D eigenvalue weighted by molar-refractivity contribution is 8.01. The Morgan fingerprint density at radius 3 is 2.91 bits per heavy atom. The fraction of sp³-hybridized carbons (Fsp3) is 0.429. The Hall–Kier alpha value is -1.45. The number of nitrogens with one attached hydrogen (secondary N) is 2. The van der Waals surface area contributed by atoms with Crippen molar-refractivity contribution in [3.05, 3.63) is 22.4 Å². The molecule has 0 aliphatic carbocycles. The molecule has 0 unspecified atom stereocenters. The van der Waals surface area contributed by atoms with Crippen LogP contribution in [0.4, 0.5) is 5.13 Å². The number of anilines is 1. The summed E-state index contributed by atoms with van der Waals surface area (Å²) in [5.41, 5.74) is 0. The van der Waals surface area contributed by atoms with Crippen LogP contribution in [0.2, 0.25) is 0 Å². The molecule has 2 aromatic heterocycles. The maximum Gasteiger partial charge on any atom is 0.230 e. The molecule has 9 heteroatoms. The largest absolute Gasteiger partial charge is 0.350 e. The minimum absolute atomic E-state index is 0.0520. The lowest BCUT2D eigenvalue weighted by atomic mass is 10.1. The van der Waals surface area contributed by atoms with Gasteiger partial charge in [-0.05, 0) is 17.9 Å². The van der Waals surface area contributed by atoms with E-state index in [1.54, 1.807) is 11.3 Å². The van der Waals surface area contributed by atoms with E-state index in [0.717, 1.165) is 11.3 Å². The number of thioether (sulfide) groups is 1. The summed E-state index contributed by atoms with van der Waals surface area (Å²) >= 11 is 4.20. The van der Waals surface area contributed by atoms with E-state index < -0.39 is 0 Å². The monoisotopic (exact) mass is 370 g/mol. The lowest BCUT2D eigenvalue weighted by molar-refractivity contribution is -0.120. The molecule has 0 spiro atoms. The molecule has 2 rings (SSSR count). The van der Waals surface area contributed by atoms with Gasteiger partial charge < -0.3 is 10.6 Å². The predicted molar refractivity (Wildman–Crippen MR) is 94.9 cm³/mol. The van der Waals surface area contributed by atoms with E-state index in [9.17, 15) is 9.59 Å². The number of amides is 2. The van der Waals surface area contributed by atoms with Crippen LogP contribution < -0.4 is 10.6 Å². The number of carbonyl (C=O) groups excluding carboxylic acids is 2. The van der Waals surface area contributed by atoms with E-state index in [1.807, 2.05) is 31.4 Å². The summed E-state index contributed by atoms with van der Waals surface area (Å²) in [6, 6.07) is 3.94. The number of hydrogen-bond donors (Lipinski definition) is 2. The molecule has 0 aliphatic rings. The Balaban J connectivity index is 1.73. The average molecular weight is 371 g/mol. The van der Waals surface area contributed by atoms with Crippen LogP contribution in [0.5, 0.6) is 0 Å². The molecule has 0 radical (unpaired) electrons. The summed E-state index contributed by atoms with van der Waals surface area (Å²) in [5, 5.41) is 15.9. The standard InChI is InChI=1S/C14H18N4O2S3/c1-3-9(2)12(20)16-13-17-18-14(23-13)22-8-11(19)15-7-10-5-4-6-21-10/h4-6,9H,3,7-8H2,1-2H3,(H,15,19)(H,16,17,20)/t9-/m1/s1. The summed E-state index contributed by atoms with van der Waals surface area (Å²) < 4.78 is 0.663. The topological polar surface area (TPSA) is 84.0 Å². The molecular formula is C14H18N4O2S3. The van der Waals surface area contributed by atoms with Gasteiger partial charge in [0.25, 0.3) is 0 Å². The van der Waals surface area contributed by atoms with Crippen molar-refractivity contribution in [2.75, 3.05) is 11.1 Å². The highest BCUT2D eigenvalue weighted by Crippen LogP contribution is 2.25. The van der Waals surface area contributed by atoms with Crippen molar-refractivity contribution in [1.82, 2.24) is 15.5 Å². The molecule has 2 heterocycles. The fourth-order valence-electron chi connectivity index (χ4n) is 1.51. The fourth-order valence-corrected chi connectivity index (χ4v) is 3.74. The lowest BCUT2D eigenvalue weighted by Gasteiger charge is -2.06. The first kappa shape index (κ1) is 17.9. The van der Waals surface area contributed by atoms with Crippen LogP contribution in [-0.2, 0) is 16.1 Å². The van der Waals surface area contributed by atoms with E-state index in [1.165, 1.54) is 23.1 Å². The zero-order valence-corrected chi connectivity index (χ0v) is 15.3. The Morgan fingerprint density at radius 2 is 2.22 bits per heavy atom. The number of carbonyl (C=O) groups is 2. The van der Waals surface area contributed by atoms with Crippen molar-refractivity contribution in [1.29, 1.82) is 0 Å². The number of nitrogens with zero attached hydrogens (tertiary/aromatic N) is 2. The van der Waals surface area contributed by atoms with Crippen molar-refractivity contribution in [2.45, 2.75) is 31.2 Å². The van der Waals surface area contributed by atoms with Crippen molar-refractivity contribution in [3.8, 4) is 0 Å².